The van der Waals surface area contributed by atoms with Crippen molar-refractivity contribution in [3.05, 3.63) is 35.9 Å². The van der Waals surface area contributed by atoms with Gasteiger partial charge in [-0.1, -0.05) is 19.1 Å². The molecule has 0 saturated carbocycles. The van der Waals surface area contributed by atoms with E-state index in [9.17, 15) is 9.90 Å². The molecule has 11 heteroatoms. The molecule has 3 aromatic heterocycles. The number of rotatable bonds is 5. The van der Waals surface area contributed by atoms with Crippen molar-refractivity contribution in [2.75, 3.05) is 44.4 Å². The van der Waals surface area contributed by atoms with E-state index in [1.54, 1.807) is 9.47 Å². The number of imidazole rings is 2. The van der Waals surface area contributed by atoms with E-state index in [-0.39, 0.29) is 18.6 Å². The lowest BCUT2D eigenvalue weighted by Gasteiger charge is -2.34. The number of aliphatic hydroxyl groups excluding tert-OH is 1. The normalized spacial score (nSPS) is 18.7. The van der Waals surface area contributed by atoms with Gasteiger partial charge in [-0.05, 0) is 31.4 Å². The minimum absolute atomic E-state index is 0.0494. The van der Waals surface area contributed by atoms with E-state index in [0.717, 1.165) is 42.5 Å². The van der Waals surface area contributed by atoms with Crippen LogP contribution in [0.4, 0.5) is 5.82 Å². The molecule has 1 atom stereocenters. The van der Waals surface area contributed by atoms with Gasteiger partial charge < -0.3 is 24.2 Å². The highest BCUT2D eigenvalue weighted by Crippen LogP contribution is 2.29. The number of hydrogen-bond acceptors (Lipinski definition) is 8. The molecule has 4 aromatic rings. The highest BCUT2D eigenvalue weighted by Gasteiger charge is 2.32. The Balaban J connectivity index is 1.54. The molecular formula is C26H32N8O3. The number of amides is 1. The maximum Gasteiger partial charge on any atom is 0.290 e. The van der Waals surface area contributed by atoms with Gasteiger partial charge in [0.15, 0.2) is 17.0 Å². The van der Waals surface area contributed by atoms with Crippen LogP contribution in [0.3, 0.4) is 0 Å². The molecule has 2 aliphatic rings. The molecule has 6 rings (SSSR count). The fourth-order valence-electron chi connectivity index (χ4n) is 5.44. The van der Waals surface area contributed by atoms with Gasteiger partial charge in [-0.3, -0.25) is 9.36 Å². The number of aliphatic hydroxyl groups is 1. The molecule has 2 saturated heterocycles. The Labute approximate surface area is 214 Å². The van der Waals surface area contributed by atoms with Gasteiger partial charge >= 0.3 is 0 Å². The number of hydrogen-bond donors (Lipinski definition) is 1. The summed E-state index contributed by atoms with van der Waals surface area (Å²) in [4.78, 5) is 37.2. The van der Waals surface area contributed by atoms with Gasteiger partial charge in [0.2, 0.25) is 11.8 Å². The number of para-hydroxylation sites is 2. The molecule has 0 bridgehead atoms. The van der Waals surface area contributed by atoms with Crippen LogP contribution in [-0.2, 0) is 18.2 Å². The molecule has 0 aliphatic carbocycles. The lowest BCUT2D eigenvalue weighted by atomic mass is 10.0. The van der Waals surface area contributed by atoms with E-state index in [0.29, 0.717) is 61.6 Å². The number of aryl methyl sites for hydroxylation is 2. The van der Waals surface area contributed by atoms with Crippen molar-refractivity contribution in [2.24, 2.45) is 7.05 Å². The molecule has 0 radical (unpaired) electrons. The van der Waals surface area contributed by atoms with E-state index in [1.807, 2.05) is 35.9 Å². The molecule has 194 valence electrons. The summed E-state index contributed by atoms with van der Waals surface area (Å²) in [5.41, 5.74) is 3.00. The van der Waals surface area contributed by atoms with Crippen LogP contribution >= 0.6 is 0 Å². The highest BCUT2D eigenvalue weighted by molar-refractivity contribution is 5.97. The Kier molecular flexibility index (Phi) is 6.25. The van der Waals surface area contributed by atoms with Crippen LogP contribution in [-0.4, -0.2) is 90.5 Å². The van der Waals surface area contributed by atoms with E-state index < -0.39 is 0 Å². The van der Waals surface area contributed by atoms with E-state index in [2.05, 4.69) is 11.8 Å². The average Bonchev–Trinajstić information content (AvgIpc) is 3.50. The van der Waals surface area contributed by atoms with Crippen molar-refractivity contribution in [1.82, 2.24) is 34.0 Å². The first-order valence-corrected chi connectivity index (χ1v) is 13.1. The standard InChI is InChI=1S/C26H32N8O3/c1-3-20-27-18-9-4-5-10-19(18)34(20)26-29-22-21(23(30-26)32-12-14-37-15-13-32)28-24(31(22)2)25(36)33-11-7-6-8-17(33)16-35/h4-5,9-10,17,35H,3,6-8,11-16H2,1-2H3. The number of piperidine rings is 1. The van der Waals surface area contributed by atoms with E-state index in [4.69, 9.17) is 24.7 Å². The summed E-state index contributed by atoms with van der Waals surface area (Å²) in [6.07, 6.45) is 3.44. The first-order chi connectivity index (χ1) is 18.1. The van der Waals surface area contributed by atoms with Crippen LogP contribution < -0.4 is 4.90 Å². The molecule has 0 spiro atoms. The molecule has 1 amide bonds. The van der Waals surface area contributed by atoms with Crippen LogP contribution in [0.25, 0.3) is 28.1 Å². The SMILES string of the molecule is CCc1nc2ccccc2n1-c1nc(N2CCOCC2)c2nc(C(=O)N3CCCCC3CO)n(C)c2n1. The summed E-state index contributed by atoms with van der Waals surface area (Å²) >= 11 is 0. The van der Waals surface area contributed by atoms with E-state index in [1.165, 1.54) is 0 Å². The largest absolute Gasteiger partial charge is 0.394 e. The molecule has 1 N–H and O–H groups in total. The van der Waals surface area contributed by atoms with Gasteiger partial charge in [0.25, 0.3) is 5.91 Å². The maximum absolute atomic E-state index is 13.7. The minimum Gasteiger partial charge on any atom is -0.394 e. The average molecular weight is 505 g/mol. The summed E-state index contributed by atoms with van der Waals surface area (Å²) < 4.78 is 9.35. The molecule has 11 nitrogen and oxygen atoms in total. The van der Waals surface area contributed by atoms with Crippen LogP contribution in [0, 0.1) is 0 Å². The zero-order chi connectivity index (χ0) is 25.5. The molecular weight excluding hydrogens is 472 g/mol. The summed E-state index contributed by atoms with van der Waals surface area (Å²) in [5.74, 6) is 2.19. The first-order valence-electron chi connectivity index (χ1n) is 13.1. The molecule has 5 heterocycles. The highest BCUT2D eigenvalue weighted by atomic mass is 16.5. The van der Waals surface area contributed by atoms with Crippen LogP contribution in [0.1, 0.15) is 42.6 Å². The quantitative estimate of drug-likeness (QED) is 0.440. The number of benzene rings is 1. The maximum atomic E-state index is 13.7. The van der Waals surface area contributed by atoms with Gasteiger partial charge in [0, 0.05) is 33.1 Å². The lowest BCUT2D eigenvalue weighted by Crippen LogP contribution is -2.46. The van der Waals surface area contributed by atoms with Crippen molar-refractivity contribution in [3.8, 4) is 5.95 Å². The number of ether oxygens (including phenoxy) is 1. The number of likely N-dealkylation sites (tertiary alicyclic amines) is 1. The molecule has 37 heavy (non-hydrogen) atoms. The predicted octanol–water partition coefficient (Wildman–Crippen LogP) is 2.09. The number of anilines is 1. The van der Waals surface area contributed by atoms with Crippen LogP contribution in [0.15, 0.2) is 24.3 Å². The number of fused-ring (bicyclic) bond motifs is 2. The Morgan fingerprint density at radius 1 is 1.08 bits per heavy atom. The summed E-state index contributed by atoms with van der Waals surface area (Å²) in [7, 11) is 1.83. The third-order valence-corrected chi connectivity index (χ3v) is 7.44. The summed E-state index contributed by atoms with van der Waals surface area (Å²) in [6.45, 7) is 5.17. The van der Waals surface area contributed by atoms with Gasteiger partial charge in [-0.25, -0.2) is 9.97 Å². The molecule has 2 fully saturated rings. The van der Waals surface area contributed by atoms with Crippen molar-refractivity contribution in [1.29, 1.82) is 0 Å². The predicted molar refractivity (Wildman–Crippen MR) is 139 cm³/mol. The van der Waals surface area contributed by atoms with Gasteiger partial charge in [0.1, 0.15) is 5.82 Å². The number of carbonyl (C=O) groups excluding carboxylic acids is 1. The van der Waals surface area contributed by atoms with Crippen molar-refractivity contribution >= 4 is 33.9 Å². The number of morpholine rings is 1. The zero-order valence-electron chi connectivity index (χ0n) is 21.3. The van der Waals surface area contributed by atoms with Crippen LogP contribution in [0.2, 0.25) is 0 Å². The molecule has 1 aromatic carbocycles. The van der Waals surface area contributed by atoms with Crippen LogP contribution in [0.5, 0.6) is 0 Å². The van der Waals surface area contributed by atoms with Gasteiger partial charge in [0.05, 0.1) is 36.9 Å². The fourth-order valence-corrected chi connectivity index (χ4v) is 5.44. The number of aromatic nitrogens is 6. The summed E-state index contributed by atoms with van der Waals surface area (Å²) in [6, 6.07) is 7.78. The lowest BCUT2D eigenvalue weighted by molar-refractivity contribution is 0.0488. The zero-order valence-corrected chi connectivity index (χ0v) is 21.3. The molecule has 1 unspecified atom stereocenters. The number of carbonyl (C=O) groups is 1. The Morgan fingerprint density at radius 2 is 1.89 bits per heavy atom. The summed E-state index contributed by atoms with van der Waals surface area (Å²) in [5, 5.41) is 9.89. The van der Waals surface area contributed by atoms with Gasteiger partial charge in [-0.15, -0.1) is 0 Å². The monoisotopic (exact) mass is 504 g/mol. The molecule has 2 aliphatic heterocycles. The second-order valence-electron chi connectivity index (χ2n) is 9.65. The second kappa shape index (κ2) is 9.71. The van der Waals surface area contributed by atoms with Crippen molar-refractivity contribution in [3.63, 3.8) is 0 Å². The van der Waals surface area contributed by atoms with Gasteiger partial charge in [-0.2, -0.15) is 9.97 Å². The van der Waals surface area contributed by atoms with Crippen molar-refractivity contribution in [2.45, 2.75) is 38.6 Å². The third-order valence-electron chi connectivity index (χ3n) is 7.44. The van der Waals surface area contributed by atoms with E-state index >= 15 is 0 Å². The Morgan fingerprint density at radius 3 is 2.68 bits per heavy atom. The fraction of sp³-hybridized carbons (Fsp3) is 0.500. The Hall–Kier alpha value is -3.57. The number of nitrogens with zero attached hydrogens (tertiary/aromatic N) is 8. The smallest absolute Gasteiger partial charge is 0.290 e. The van der Waals surface area contributed by atoms with Crippen molar-refractivity contribution < 1.29 is 14.6 Å². The topological polar surface area (TPSA) is 114 Å². The Bertz CT molecular complexity index is 1460. The first kappa shape index (κ1) is 23.8. The third kappa shape index (κ3) is 4.02. The second-order valence-corrected chi connectivity index (χ2v) is 9.65. The minimum atomic E-state index is -0.189.